The molecule has 1 saturated carbocycles. The van der Waals surface area contributed by atoms with Crippen LogP contribution in [0.3, 0.4) is 0 Å². The summed E-state index contributed by atoms with van der Waals surface area (Å²) in [5.41, 5.74) is 5.24. The molecule has 1 heterocycles. The first-order valence-corrected chi connectivity index (χ1v) is 7.79. The average molecular weight is 267 g/mol. The molecule has 0 aromatic heterocycles. The number of nitrogens with one attached hydrogen (secondary N) is 1. The molecule has 1 amide bonds. The fourth-order valence-corrected chi connectivity index (χ4v) is 3.89. The molecule has 3 N–H and O–H groups in total. The summed E-state index contributed by atoms with van der Waals surface area (Å²) < 4.78 is 0. The van der Waals surface area contributed by atoms with Crippen LogP contribution >= 0.6 is 0 Å². The van der Waals surface area contributed by atoms with E-state index in [1.807, 2.05) is 0 Å². The maximum atomic E-state index is 10.9. The van der Waals surface area contributed by atoms with Crippen molar-refractivity contribution in [2.24, 2.45) is 17.6 Å². The summed E-state index contributed by atoms with van der Waals surface area (Å²) in [5.74, 6) is 1.51. The lowest BCUT2D eigenvalue weighted by atomic mass is 9.80. The molecule has 110 valence electrons. The summed E-state index contributed by atoms with van der Waals surface area (Å²) in [4.78, 5) is 13.1. The van der Waals surface area contributed by atoms with Crippen molar-refractivity contribution in [3.05, 3.63) is 0 Å². The first kappa shape index (κ1) is 14.8. The van der Waals surface area contributed by atoms with Gasteiger partial charge in [-0.3, -0.25) is 9.69 Å². The Morgan fingerprint density at radius 3 is 2.21 bits per heavy atom. The second kappa shape index (κ2) is 6.71. The molecule has 2 rings (SSSR count). The summed E-state index contributed by atoms with van der Waals surface area (Å²) in [5, 5.41) is 3.85. The number of carbonyl (C=O) groups excluding carboxylic acids is 1. The van der Waals surface area contributed by atoms with E-state index >= 15 is 0 Å². The van der Waals surface area contributed by atoms with Gasteiger partial charge in [-0.2, -0.15) is 0 Å². The zero-order valence-corrected chi connectivity index (χ0v) is 12.4. The third-order valence-corrected chi connectivity index (χ3v) is 4.62. The molecule has 1 saturated heterocycles. The Morgan fingerprint density at radius 2 is 1.68 bits per heavy atom. The molecule has 4 nitrogen and oxygen atoms in total. The molecule has 0 aromatic carbocycles. The zero-order chi connectivity index (χ0) is 13.8. The molecule has 0 radical (unpaired) electrons. The van der Waals surface area contributed by atoms with Crippen molar-refractivity contribution < 1.29 is 4.79 Å². The number of rotatable bonds is 4. The van der Waals surface area contributed by atoms with Crippen LogP contribution in [0.2, 0.25) is 0 Å². The lowest BCUT2D eigenvalue weighted by Gasteiger charge is -2.38. The van der Waals surface area contributed by atoms with Crippen LogP contribution in [0.25, 0.3) is 0 Å². The van der Waals surface area contributed by atoms with E-state index in [0.29, 0.717) is 18.6 Å². The van der Waals surface area contributed by atoms with Gasteiger partial charge in [-0.25, -0.2) is 0 Å². The lowest BCUT2D eigenvalue weighted by Crippen LogP contribution is -2.49. The number of nitrogens with zero attached hydrogens (tertiary/aromatic N) is 1. The van der Waals surface area contributed by atoms with E-state index in [0.717, 1.165) is 37.8 Å². The Balaban J connectivity index is 1.71. The van der Waals surface area contributed by atoms with Crippen LogP contribution in [-0.2, 0) is 4.79 Å². The standard InChI is InChI=1S/C15H29N3O/c1-11-7-12(2)9-14(8-11)17-13-3-5-18(6-4-13)10-15(16)19/h11-14,17H,3-10H2,1-2H3,(H2,16,19). The van der Waals surface area contributed by atoms with Crippen LogP contribution in [0, 0.1) is 11.8 Å². The molecule has 2 atom stereocenters. The van der Waals surface area contributed by atoms with Gasteiger partial charge in [0.2, 0.25) is 5.91 Å². The monoisotopic (exact) mass is 267 g/mol. The fourth-order valence-electron chi connectivity index (χ4n) is 3.89. The highest BCUT2D eigenvalue weighted by atomic mass is 16.1. The first-order chi connectivity index (χ1) is 9.02. The van der Waals surface area contributed by atoms with E-state index < -0.39 is 0 Å². The molecule has 2 unspecified atom stereocenters. The predicted molar refractivity (Wildman–Crippen MR) is 77.8 cm³/mol. The minimum Gasteiger partial charge on any atom is -0.369 e. The highest BCUT2D eigenvalue weighted by Gasteiger charge is 2.27. The summed E-state index contributed by atoms with van der Waals surface area (Å²) >= 11 is 0. The number of hydrogen-bond donors (Lipinski definition) is 2. The van der Waals surface area contributed by atoms with Gasteiger partial charge in [-0.15, -0.1) is 0 Å². The van der Waals surface area contributed by atoms with Crippen LogP contribution in [0.5, 0.6) is 0 Å². The lowest BCUT2D eigenvalue weighted by molar-refractivity contribution is -0.119. The zero-order valence-electron chi connectivity index (χ0n) is 12.4. The molecular formula is C15H29N3O. The number of piperidine rings is 1. The van der Waals surface area contributed by atoms with E-state index in [1.54, 1.807) is 0 Å². The average Bonchev–Trinajstić information content (AvgIpc) is 2.29. The molecule has 2 aliphatic rings. The van der Waals surface area contributed by atoms with Gasteiger partial charge in [0.25, 0.3) is 0 Å². The number of primary amides is 1. The molecular weight excluding hydrogens is 238 g/mol. The summed E-state index contributed by atoms with van der Waals surface area (Å²) in [7, 11) is 0. The van der Waals surface area contributed by atoms with Crippen molar-refractivity contribution in [1.29, 1.82) is 0 Å². The minimum absolute atomic E-state index is 0.207. The van der Waals surface area contributed by atoms with Crippen LogP contribution in [0.1, 0.15) is 46.0 Å². The maximum Gasteiger partial charge on any atom is 0.231 e. The largest absolute Gasteiger partial charge is 0.369 e. The normalized spacial score (nSPS) is 34.3. The number of amides is 1. The second-order valence-corrected chi connectivity index (χ2v) is 6.80. The van der Waals surface area contributed by atoms with E-state index in [9.17, 15) is 4.79 Å². The highest BCUT2D eigenvalue weighted by molar-refractivity contribution is 5.75. The smallest absolute Gasteiger partial charge is 0.231 e. The van der Waals surface area contributed by atoms with Crippen molar-refractivity contribution in [3.8, 4) is 0 Å². The Labute approximate surface area is 117 Å². The molecule has 1 aliphatic carbocycles. The Morgan fingerprint density at radius 1 is 1.11 bits per heavy atom. The van der Waals surface area contributed by atoms with Crippen molar-refractivity contribution >= 4 is 5.91 Å². The van der Waals surface area contributed by atoms with Crippen LogP contribution in [0.15, 0.2) is 0 Å². The van der Waals surface area contributed by atoms with Gasteiger partial charge in [0.05, 0.1) is 6.54 Å². The maximum absolute atomic E-state index is 10.9. The van der Waals surface area contributed by atoms with Gasteiger partial charge in [0, 0.05) is 25.2 Å². The number of nitrogens with two attached hydrogens (primary N) is 1. The SMILES string of the molecule is CC1CC(C)CC(NC2CCN(CC(N)=O)CC2)C1. The molecule has 2 fully saturated rings. The van der Waals surface area contributed by atoms with Gasteiger partial charge in [-0.05, 0) is 43.9 Å². The molecule has 19 heavy (non-hydrogen) atoms. The predicted octanol–water partition coefficient (Wildman–Crippen LogP) is 1.35. The number of carbonyl (C=O) groups is 1. The second-order valence-electron chi connectivity index (χ2n) is 6.80. The number of hydrogen-bond acceptors (Lipinski definition) is 3. The third-order valence-electron chi connectivity index (χ3n) is 4.62. The van der Waals surface area contributed by atoms with Gasteiger partial charge >= 0.3 is 0 Å². The van der Waals surface area contributed by atoms with Crippen LogP contribution < -0.4 is 11.1 Å². The van der Waals surface area contributed by atoms with Gasteiger partial charge in [0.15, 0.2) is 0 Å². The van der Waals surface area contributed by atoms with Crippen LogP contribution in [-0.4, -0.2) is 42.5 Å². The van der Waals surface area contributed by atoms with Crippen LogP contribution in [0.4, 0.5) is 0 Å². The molecule has 1 aliphatic heterocycles. The highest BCUT2D eigenvalue weighted by Crippen LogP contribution is 2.29. The third kappa shape index (κ3) is 4.77. The van der Waals surface area contributed by atoms with Crippen molar-refractivity contribution in [3.63, 3.8) is 0 Å². The minimum atomic E-state index is -0.207. The van der Waals surface area contributed by atoms with E-state index in [2.05, 4.69) is 24.1 Å². The van der Waals surface area contributed by atoms with Gasteiger partial charge < -0.3 is 11.1 Å². The summed E-state index contributed by atoms with van der Waals surface area (Å²) in [6.45, 7) is 7.17. The van der Waals surface area contributed by atoms with E-state index in [4.69, 9.17) is 5.73 Å². The topological polar surface area (TPSA) is 58.4 Å². The van der Waals surface area contributed by atoms with Crippen molar-refractivity contribution in [2.75, 3.05) is 19.6 Å². The van der Waals surface area contributed by atoms with Gasteiger partial charge in [-0.1, -0.05) is 13.8 Å². The summed E-state index contributed by atoms with van der Waals surface area (Å²) in [6.07, 6.45) is 6.33. The Kier molecular flexibility index (Phi) is 5.22. The summed E-state index contributed by atoms with van der Waals surface area (Å²) in [6, 6.07) is 1.33. The quantitative estimate of drug-likeness (QED) is 0.808. The molecule has 0 bridgehead atoms. The Bertz CT molecular complexity index is 290. The fraction of sp³-hybridized carbons (Fsp3) is 0.933. The first-order valence-electron chi connectivity index (χ1n) is 7.79. The van der Waals surface area contributed by atoms with Crippen molar-refractivity contribution in [1.82, 2.24) is 10.2 Å². The van der Waals surface area contributed by atoms with Gasteiger partial charge in [0.1, 0.15) is 0 Å². The molecule has 0 aromatic rings. The van der Waals surface area contributed by atoms with Crippen molar-refractivity contribution in [2.45, 2.75) is 58.0 Å². The molecule has 4 heteroatoms. The Hall–Kier alpha value is -0.610. The number of likely N-dealkylation sites (tertiary alicyclic amines) is 1. The van der Waals surface area contributed by atoms with E-state index in [-0.39, 0.29) is 5.91 Å². The molecule has 0 spiro atoms. The van der Waals surface area contributed by atoms with E-state index in [1.165, 1.54) is 19.3 Å².